The quantitative estimate of drug-likeness (QED) is 0.0618. The van der Waals surface area contributed by atoms with E-state index in [1.54, 1.807) is 11.3 Å². The van der Waals surface area contributed by atoms with Crippen molar-refractivity contribution in [3.8, 4) is 34.6 Å². The Balaban J connectivity index is 0.00000167. The summed E-state index contributed by atoms with van der Waals surface area (Å²) in [6.07, 6.45) is 27.3. The molecule has 0 saturated heterocycles. The van der Waals surface area contributed by atoms with Gasteiger partial charge in [0, 0.05) is 35.8 Å². The molecule has 0 bridgehead atoms. The Bertz CT molecular complexity index is 2150. The summed E-state index contributed by atoms with van der Waals surface area (Å²) in [7, 11) is 2.19. The zero-order valence-electron chi connectivity index (χ0n) is 39.3. The molecule has 0 radical (unpaired) electrons. The Labute approximate surface area is 371 Å². The second-order valence-corrected chi connectivity index (χ2v) is 15.6. The summed E-state index contributed by atoms with van der Waals surface area (Å²) >= 11 is 1.77. The molecule has 0 saturated carbocycles. The van der Waals surface area contributed by atoms with E-state index in [0.717, 1.165) is 32.1 Å². The number of anilines is 2. The van der Waals surface area contributed by atoms with Crippen LogP contribution in [0.2, 0.25) is 0 Å². The van der Waals surface area contributed by atoms with Crippen LogP contribution in [0, 0.1) is 12.3 Å². The Kier molecular flexibility index (Phi) is 22.9. The summed E-state index contributed by atoms with van der Waals surface area (Å²) in [6, 6.07) is 24.8. The minimum atomic E-state index is -0.0126. The van der Waals surface area contributed by atoms with Gasteiger partial charge in [-0.3, -0.25) is 0 Å². The molecule has 1 aromatic heterocycles. The fourth-order valence-electron chi connectivity index (χ4n) is 7.66. The van der Waals surface area contributed by atoms with E-state index in [4.69, 9.17) is 6.42 Å². The van der Waals surface area contributed by atoms with Crippen molar-refractivity contribution in [3.05, 3.63) is 172 Å². The van der Waals surface area contributed by atoms with Crippen molar-refractivity contribution in [2.75, 3.05) is 11.9 Å². The molecule has 4 aromatic rings. The first kappa shape index (κ1) is 51.0. The molecule has 1 nitrogen and oxygen atoms in total. The Hall–Kier alpha value is -5.10. The zero-order chi connectivity index (χ0) is 44.7. The van der Waals surface area contributed by atoms with E-state index in [1.807, 2.05) is 39.8 Å². The van der Waals surface area contributed by atoms with E-state index in [2.05, 4.69) is 187 Å². The number of thiophene rings is 1. The van der Waals surface area contributed by atoms with Gasteiger partial charge in [0.15, 0.2) is 0 Å². The Morgan fingerprint density at radius 3 is 2.18 bits per heavy atom. The smallest absolute Gasteiger partial charge is 0.0488 e. The van der Waals surface area contributed by atoms with Crippen LogP contribution in [0.5, 0.6) is 0 Å². The van der Waals surface area contributed by atoms with Gasteiger partial charge in [-0.1, -0.05) is 178 Å². The van der Waals surface area contributed by atoms with Crippen LogP contribution in [0.1, 0.15) is 131 Å². The van der Waals surface area contributed by atoms with Crippen molar-refractivity contribution < 1.29 is 0 Å². The van der Waals surface area contributed by atoms with Crippen molar-refractivity contribution in [3.63, 3.8) is 0 Å². The first-order chi connectivity index (χ1) is 29.1. The van der Waals surface area contributed by atoms with Gasteiger partial charge in [0.1, 0.15) is 0 Å². The van der Waals surface area contributed by atoms with Crippen LogP contribution in [-0.4, -0.2) is 7.05 Å². The van der Waals surface area contributed by atoms with Crippen molar-refractivity contribution >= 4 is 28.3 Å². The summed E-state index contributed by atoms with van der Waals surface area (Å²) in [4.78, 5) is 2.35. The molecule has 0 aliphatic heterocycles. The molecule has 1 unspecified atom stereocenters. The van der Waals surface area contributed by atoms with Crippen LogP contribution in [0.25, 0.3) is 27.8 Å². The van der Waals surface area contributed by atoms with Crippen LogP contribution >= 0.6 is 11.3 Å². The van der Waals surface area contributed by atoms with E-state index in [-0.39, 0.29) is 5.41 Å². The maximum absolute atomic E-state index is 5.46. The molecule has 0 N–H and O–H groups in total. The highest BCUT2D eigenvalue weighted by Gasteiger charge is 2.37. The second kappa shape index (κ2) is 26.9. The number of allylic oxidation sites excluding steroid dienone is 12. The number of rotatable bonds is 16. The van der Waals surface area contributed by atoms with E-state index < -0.39 is 0 Å². The first-order valence-electron chi connectivity index (χ1n) is 22.4. The summed E-state index contributed by atoms with van der Waals surface area (Å²) < 4.78 is 0. The number of terminal acetylenes is 1. The van der Waals surface area contributed by atoms with E-state index >= 15 is 0 Å². The van der Waals surface area contributed by atoms with E-state index in [9.17, 15) is 0 Å². The second-order valence-electron chi connectivity index (χ2n) is 14.9. The third-order valence-corrected chi connectivity index (χ3v) is 11.9. The van der Waals surface area contributed by atoms with Crippen molar-refractivity contribution in [1.82, 2.24) is 0 Å². The molecular weight excluding hydrogens is 743 g/mol. The molecule has 318 valence electrons. The van der Waals surface area contributed by atoms with Gasteiger partial charge in [0.25, 0.3) is 0 Å². The van der Waals surface area contributed by atoms with Gasteiger partial charge in [-0.05, 0) is 131 Å². The number of hydrogen-bond donors (Lipinski definition) is 0. The third-order valence-electron chi connectivity index (χ3n) is 11.1. The van der Waals surface area contributed by atoms with Crippen LogP contribution < -0.4 is 4.90 Å². The fourth-order valence-corrected chi connectivity index (χ4v) is 8.54. The molecule has 1 atom stereocenters. The first-order valence-corrected chi connectivity index (χ1v) is 23.3. The predicted molar refractivity (Wildman–Crippen MR) is 275 cm³/mol. The molecule has 3 aromatic carbocycles. The number of benzene rings is 3. The summed E-state index contributed by atoms with van der Waals surface area (Å²) in [5.74, 6) is 2.71. The highest BCUT2D eigenvalue weighted by atomic mass is 32.1. The largest absolute Gasteiger partial charge is 0.344 e. The summed E-state index contributed by atoms with van der Waals surface area (Å²) in [6.45, 7) is 31.7. The molecule has 0 spiro atoms. The van der Waals surface area contributed by atoms with Crippen molar-refractivity contribution in [2.45, 2.75) is 127 Å². The van der Waals surface area contributed by atoms with Gasteiger partial charge < -0.3 is 4.90 Å². The highest BCUT2D eigenvalue weighted by molar-refractivity contribution is 7.08. The van der Waals surface area contributed by atoms with Gasteiger partial charge in [-0.2, -0.15) is 11.3 Å². The number of nitrogens with zero attached hydrogens (tertiary/aromatic N) is 1. The van der Waals surface area contributed by atoms with Gasteiger partial charge >= 0.3 is 0 Å². The maximum Gasteiger partial charge on any atom is 0.0488 e. The predicted octanol–water partition coefficient (Wildman–Crippen LogP) is 18.3. The zero-order valence-corrected chi connectivity index (χ0v) is 40.2. The van der Waals surface area contributed by atoms with Crippen molar-refractivity contribution in [2.24, 2.45) is 0 Å². The topological polar surface area (TPSA) is 3.24 Å². The lowest BCUT2D eigenvalue weighted by Gasteiger charge is -2.28. The third kappa shape index (κ3) is 12.9. The lowest BCUT2D eigenvalue weighted by molar-refractivity contribution is 0.559. The number of fused-ring (bicyclic) bond motifs is 1. The van der Waals surface area contributed by atoms with E-state index in [1.165, 1.54) is 84.6 Å². The molecule has 1 aliphatic carbocycles. The standard InChI is InChI=1S/C51H55NS.C3H8.2C2H6/c1-10-15-21-37(6)27-28-40(13-4)39(12-3)24-20-25-43-35-53-36-47(43)42-29-32-50(46(33-42)41-22-18-17-19-23-41)52(9)44-30-31-49-45(34-44)38(7)48(26-16-11-2)51(49,8)14-5;1-3-2;2*1-2/h1,11-12,16-24,26,29-36H,2-3,13-15,25,27-28H2,4-9H3;3H2,1-2H3;2*1-2H3/b24-20+,26-16-,37-21+,40-39-;;;. The Morgan fingerprint density at radius 1 is 0.867 bits per heavy atom. The monoisotopic (exact) mass is 818 g/mol. The van der Waals surface area contributed by atoms with Gasteiger partial charge in [0.2, 0.25) is 0 Å². The summed E-state index contributed by atoms with van der Waals surface area (Å²) in [5, 5.41) is 4.59. The molecule has 0 fully saturated rings. The van der Waals surface area contributed by atoms with Gasteiger partial charge in [0.05, 0.1) is 0 Å². The average Bonchev–Trinajstić information content (AvgIpc) is 3.85. The van der Waals surface area contributed by atoms with Crippen molar-refractivity contribution in [1.29, 1.82) is 0 Å². The lowest BCUT2D eigenvalue weighted by atomic mass is 9.76. The molecule has 0 amide bonds. The fraction of sp³-hybridized carbons (Fsp3) is 0.345. The van der Waals surface area contributed by atoms with E-state index in [0.29, 0.717) is 6.42 Å². The van der Waals surface area contributed by atoms with Crippen LogP contribution in [0.4, 0.5) is 11.4 Å². The molecular formula is C58H75NS. The minimum absolute atomic E-state index is 0.0126. The van der Waals surface area contributed by atoms with Gasteiger partial charge in [-0.15, -0.1) is 12.3 Å². The molecule has 60 heavy (non-hydrogen) atoms. The molecule has 2 heteroatoms. The van der Waals surface area contributed by atoms with Crippen LogP contribution in [0.3, 0.4) is 0 Å². The molecule has 1 heterocycles. The van der Waals surface area contributed by atoms with Crippen LogP contribution in [0.15, 0.2) is 155 Å². The van der Waals surface area contributed by atoms with Crippen LogP contribution in [-0.2, 0) is 11.8 Å². The molecule has 1 aliphatic rings. The maximum atomic E-state index is 5.46. The van der Waals surface area contributed by atoms with Gasteiger partial charge in [-0.25, -0.2) is 0 Å². The minimum Gasteiger partial charge on any atom is -0.344 e. The normalized spacial score (nSPS) is 14.8. The summed E-state index contributed by atoms with van der Waals surface area (Å²) in [5.41, 5.74) is 18.1. The molecule has 5 rings (SSSR count). The Morgan fingerprint density at radius 2 is 1.57 bits per heavy atom. The average molecular weight is 818 g/mol. The highest BCUT2D eigenvalue weighted by Crippen LogP contribution is 2.50. The lowest BCUT2D eigenvalue weighted by Crippen LogP contribution is -2.20. The SMILES string of the molecule is C#CC/C=C(\C)CC/C(CC)=C(C=C)\C=C\Cc1cscc1-c1ccc(N(C)c2ccc3c(c2)C(C)=C(/C=C\C=C)C3(C)CC)c(-c2ccccc2)c1.CC.CC.CCC. The number of hydrogen-bond acceptors (Lipinski definition) is 2.